The van der Waals surface area contributed by atoms with Crippen LogP contribution < -0.4 is 0 Å². The SMILES string of the molecule is Cc1[c-]c(-c2ccccn2)cc(-c2cccc(CCCCCCc3ccccc3)c2)n1.Cc1ccc(-c2[c-]ccc(-c3ccccc3)c2)nc1.Cc1ccc(CCCCc2cccc3c(-c4cc[c-]c(-c5ccccn5)c4)cccc23)cc1.[Ir].[Ir].[Ir].[Ir].[c-]1ccc(-c2ccccc2CCCCCc2ccccc2)cc1-c1cc(-c2ccccc2)ccn1.[c-]1cnc(-c2cccc(CCCCc3ccccc3)c2)cc1-c1ccccn1. The van der Waals surface area contributed by atoms with E-state index in [0.717, 1.165) is 129 Å². The van der Waals surface area contributed by atoms with Gasteiger partial charge >= 0.3 is 0 Å². The maximum atomic E-state index is 4.74. The van der Waals surface area contributed by atoms with Gasteiger partial charge < -0.3 is 24.9 Å². The quantitative estimate of drug-likeness (QED) is 0.0293. The van der Waals surface area contributed by atoms with Gasteiger partial charge in [-0.3, -0.25) is 9.97 Å². The van der Waals surface area contributed by atoms with E-state index in [-0.39, 0.29) is 80.4 Å². The number of fused-ring (bicyclic) bond motifs is 1. The van der Waals surface area contributed by atoms with Gasteiger partial charge in [-0.2, -0.15) is 23.3 Å². The number of aromatic nitrogens is 7. The van der Waals surface area contributed by atoms with Crippen molar-refractivity contribution in [2.24, 2.45) is 0 Å². The zero-order valence-corrected chi connectivity index (χ0v) is 94.9. The summed E-state index contributed by atoms with van der Waals surface area (Å²) in [5, 5.41) is 2.67. The molecule has 14 aromatic carbocycles. The third-order valence-electron chi connectivity index (χ3n) is 26.4. The maximum Gasteiger partial charge on any atom is 0.0190 e. The predicted octanol–water partition coefficient (Wildman–Crippen LogP) is 35.0. The summed E-state index contributed by atoms with van der Waals surface area (Å²) in [4.78, 5) is 31.8. The summed E-state index contributed by atoms with van der Waals surface area (Å²) >= 11 is 0. The molecular formula is C139H124Ir4N7-5. The first kappa shape index (κ1) is 113. The normalized spacial score (nSPS) is 10.5. The maximum absolute atomic E-state index is 4.74. The Bertz CT molecular complexity index is 7580. The first-order chi connectivity index (χ1) is 72.1. The number of rotatable bonds is 34. The molecule has 0 atom stereocenters. The summed E-state index contributed by atoms with van der Waals surface area (Å²) in [7, 11) is 0. The molecule has 0 aliphatic heterocycles. The van der Waals surface area contributed by atoms with Crippen LogP contribution >= 0.6 is 0 Å². The number of aryl methyl sites for hydroxylation is 11. The van der Waals surface area contributed by atoms with Crippen LogP contribution in [-0.4, -0.2) is 34.9 Å². The fraction of sp³-hybridized carbons (Fsp3) is 0.158. The van der Waals surface area contributed by atoms with Crippen LogP contribution in [0.4, 0.5) is 0 Å². The molecule has 4 radical (unpaired) electrons. The van der Waals surface area contributed by atoms with Gasteiger partial charge in [-0.25, -0.2) is 0 Å². The molecule has 0 aliphatic rings. The Hall–Kier alpha value is -14.0. The first-order valence-corrected chi connectivity index (χ1v) is 51.7. The Morgan fingerprint density at radius 2 is 0.573 bits per heavy atom. The molecule has 7 aromatic heterocycles. The summed E-state index contributed by atoms with van der Waals surface area (Å²) in [6.45, 7) is 6.18. The minimum absolute atomic E-state index is 0. The molecule has 0 bridgehead atoms. The number of pyridine rings is 7. The molecule has 0 saturated heterocycles. The van der Waals surface area contributed by atoms with E-state index in [4.69, 9.17) is 4.98 Å². The van der Waals surface area contributed by atoms with Crippen LogP contribution in [0, 0.1) is 51.1 Å². The average molecular weight is 2660 g/mol. The van der Waals surface area contributed by atoms with Crippen LogP contribution in [0.5, 0.6) is 0 Å². The smallest absolute Gasteiger partial charge is 0.0190 e. The van der Waals surface area contributed by atoms with Gasteiger partial charge in [0.2, 0.25) is 0 Å². The zero-order valence-electron chi connectivity index (χ0n) is 85.4. The Morgan fingerprint density at radius 1 is 0.200 bits per heavy atom. The molecule has 0 amide bonds. The van der Waals surface area contributed by atoms with Gasteiger partial charge in [0, 0.05) is 123 Å². The molecule has 0 fully saturated rings. The van der Waals surface area contributed by atoms with Gasteiger partial charge in [0.1, 0.15) is 0 Å². The fourth-order valence-electron chi connectivity index (χ4n) is 18.6. The Balaban J connectivity index is 0.000000157. The van der Waals surface area contributed by atoms with E-state index >= 15 is 0 Å². The Labute approximate surface area is 943 Å². The van der Waals surface area contributed by atoms with E-state index in [1.807, 2.05) is 130 Å². The van der Waals surface area contributed by atoms with Crippen molar-refractivity contribution >= 4 is 10.8 Å². The van der Waals surface area contributed by atoms with Crippen molar-refractivity contribution in [3.8, 4) is 123 Å². The van der Waals surface area contributed by atoms with Crippen molar-refractivity contribution in [1.29, 1.82) is 0 Å². The number of hydrogen-bond acceptors (Lipinski definition) is 7. The van der Waals surface area contributed by atoms with E-state index in [2.05, 4.69) is 407 Å². The van der Waals surface area contributed by atoms with Crippen molar-refractivity contribution in [2.45, 2.75) is 143 Å². The monoisotopic (exact) mass is 2660 g/mol. The van der Waals surface area contributed by atoms with Crippen LogP contribution in [0.1, 0.15) is 132 Å². The van der Waals surface area contributed by atoms with Crippen molar-refractivity contribution in [2.75, 3.05) is 0 Å². The molecule has 150 heavy (non-hydrogen) atoms. The Morgan fingerprint density at radius 3 is 1.12 bits per heavy atom. The average Bonchev–Trinajstić information content (AvgIpc) is 0.779. The summed E-state index contributed by atoms with van der Waals surface area (Å²) < 4.78 is 0. The van der Waals surface area contributed by atoms with Crippen molar-refractivity contribution in [1.82, 2.24) is 34.9 Å². The molecule has 21 aromatic rings. The second-order valence-electron chi connectivity index (χ2n) is 37.3. The van der Waals surface area contributed by atoms with E-state index in [1.165, 1.54) is 188 Å². The van der Waals surface area contributed by atoms with Crippen molar-refractivity contribution < 1.29 is 80.4 Å². The Kier molecular flexibility index (Phi) is 46.2. The van der Waals surface area contributed by atoms with Gasteiger partial charge in [0.15, 0.2) is 0 Å². The molecule has 0 spiro atoms. The first-order valence-electron chi connectivity index (χ1n) is 51.7. The molecule has 0 N–H and O–H groups in total. The van der Waals surface area contributed by atoms with Crippen LogP contribution in [0.3, 0.4) is 0 Å². The van der Waals surface area contributed by atoms with Crippen molar-refractivity contribution in [3.05, 3.63) is 560 Å². The molecule has 21 rings (SSSR count). The molecule has 0 saturated carbocycles. The van der Waals surface area contributed by atoms with Gasteiger partial charge in [-0.15, -0.1) is 118 Å². The standard InChI is InChI=1S/C34H30N.C32H28N.C29H29N2.C26H23N2.C18H14N.4Ir/c1-4-13-27(14-5-1)15-6-2-9-18-29-19-10-11-22-33(29)31-20-12-21-32(25-31)34-26-30(23-24-35-34)28-16-7-3-8-17-28;1-24-18-20-25(21-19-24)9-2-3-10-26-11-7-16-31-29(26)14-8-15-30(31)27-12-6-13-28(23-27)32-17-4-5-22-33-32;1-23-20-27(28-18-9-10-19-30-28)22-29(31-23)26-17-11-16-25(21-26)15-6-3-2-5-12-24-13-7-4-8-14-24;1-2-9-21(10-3-1)11-4-5-12-22-13-8-14-23(19-22)26-20-24(16-18-28-26)25-15-6-7-17-27-25;1-14-10-11-18(19-13-14)17-9-5-8-16(12-17)15-6-3-2-4-7-15;;;;/h1,3-5,7-8,10-14,16-17,19-20,22-26H,2,6,9,15,18H2;4-8,11-12,14-23H,2-3,9-10H2,1H3;4,7-11,13-14,16-19,21-22H,2-3,5-6,12,15H2,1H3;1-3,6-10,13-15,17-20H,4-5,11-12H2;2-8,10-13H,1H3;;;;/q5*-1;;;;. The van der Waals surface area contributed by atoms with Crippen LogP contribution in [0.2, 0.25) is 0 Å². The van der Waals surface area contributed by atoms with E-state index in [9.17, 15) is 0 Å². The van der Waals surface area contributed by atoms with E-state index in [0.29, 0.717) is 0 Å². The third kappa shape index (κ3) is 34.5. The predicted molar refractivity (Wildman–Crippen MR) is 609 cm³/mol. The topological polar surface area (TPSA) is 90.2 Å². The molecule has 0 unspecified atom stereocenters. The van der Waals surface area contributed by atoms with Crippen LogP contribution in [0.15, 0.2) is 468 Å². The van der Waals surface area contributed by atoms with Crippen molar-refractivity contribution in [3.63, 3.8) is 0 Å². The van der Waals surface area contributed by atoms with Crippen LogP contribution in [0.25, 0.3) is 134 Å². The number of benzene rings is 14. The largest absolute Gasteiger partial charge is 0.321 e. The van der Waals surface area contributed by atoms with Gasteiger partial charge in [-0.1, -0.05) is 365 Å². The second kappa shape index (κ2) is 61.2. The van der Waals surface area contributed by atoms with E-state index in [1.54, 1.807) is 12.4 Å². The number of unbranched alkanes of at least 4 members (excludes halogenated alkanes) is 7. The number of hydrogen-bond donors (Lipinski definition) is 0. The fourth-order valence-corrected chi connectivity index (χ4v) is 18.6. The number of nitrogens with zero attached hydrogens (tertiary/aromatic N) is 7. The van der Waals surface area contributed by atoms with E-state index < -0.39 is 0 Å². The second-order valence-corrected chi connectivity index (χ2v) is 37.3. The minimum Gasteiger partial charge on any atom is -0.321 e. The van der Waals surface area contributed by atoms with Crippen LogP contribution in [-0.2, 0) is 132 Å². The van der Waals surface area contributed by atoms with Gasteiger partial charge in [0.25, 0.3) is 0 Å². The minimum atomic E-state index is 0. The molecular weight excluding hydrogens is 2540 g/mol. The molecule has 11 heteroatoms. The van der Waals surface area contributed by atoms with Gasteiger partial charge in [0.05, 0.1) is 0 Å². The summed E-state index contributed by atoms with van der Waals surface area (Å²) in [5.74, 6) is 0. The molecule has 0 aliphatic carbocycles. The molecule has 7 heterocycles. The summed E-state index contributed by atoms with van der Waals surface area (Å²) in [5.41, 5.74) is 38.5. The molecule has 756 valence electrons. The molecule has 7 nitrogen and oxygen atoms in total. The van der Waals surface area contributed by atoms with Gasteiger partial charge in [-0.05, 0) is 288 Å². The summed E-state index contributed by atoms with van der Waals surface area (Å²) in [6.07, 6.45) is 33.6. The third-order valence-corrected chi connectivity index (χ3v) is 26.4. The zero-order chi connectivity index (χ0) is 99.6. The summed E-state index contributed by atoms with van der Waals surface area (Å²) in [6, 6.07) is 168.